The highest BCUT2D eigenvalue weighted by atomic mass is 15.0. The van der Waals surface area contributed by atoms with E-state index in [-0.39, 0.29) is 12.1 Å². The summed E-state index contributed by atoms with van der Waals surface area (Å²) in [6.07, 6.45) is 11.5. The quantitative estimate of drug-likeness (QED) is 0.245. The van der Waals surface area contributed by atoms with Gasteiger partial charge in [0.25, 0.3) is 0 Å². The van der Waals surface area contributed by atoms with Gasteiger partial charge in [-0.05, 0) is 55.8 Å². The van der Waals surface area contributed by atoms with Crippen LogP contribution in [0, 0.1) is 6.92 Å². The van der Waals surface area contributed by atoms with Gasteiger partial charge < -0.3 is 10.6 Å². The van der Waals surface area contributed by atoms with Crippen LogP contribution < -0.4 is 10.6 Å². The van der Waals surface area contributed by atoms with Crippen molar-refractivity contribution in [2.75, 3.05) is 6.54 Å². The molecule has 4 rings (SSSR count). The molecule has 2 N–H and O–H groups in total. The molecule has 170 valence electrons. The number of aryl methyl sites for hydroxylation is 1. The molecular formula is C31H36N2. The van der Waals surface area contributed by atoms with Gasteiger partial charge in [-0.1, -0.05) is 114 Å². The summed E-state index contributed by atoms with van der Waals surface area (Å²) in [5.74, 6) is 0. The van der Waals surface area contributed by atoms with E-state index in [1.54, 1.807) is 5.57 Å². The zero-order chi connectivity index (χ0) is 22.7. The highest BCUT2D eigenvalue weighted by Crippen LogP contribution is 2.30. The third kappa shape index (κ3) is 7.02. The first-order valence-corrected chi connectivity index (χ1v) is 12.2. The molecule has 3 aromatic rings. The average molecular weight is 437 g/mol. The molecule has 0 bridgehead atoms. The van der Waals surface area contributed by atoms with E-state index in [0.29, 0.717) is 0 Å². The lowest BCUT2D eigenvalue weighted by Gasteiger charge is -2.30. The molecule has 0 aliphatic heterocycles. The van der Waals surface area contributed by atoms with Crippen molar-refractivity contribution in [3.8, 4) is 0 Å². The van der Waals surface area contributed by atoms with Gasteiger partial charge in [0, 0.05) is 6.54 Å². The van der Waals surface area contributed by atoms with Crippen molar-refractivity contribution in [2.24, 2.45) is 0 Å². The van der Waals surface area contributed by atoms with Crippen LogP contribution in [0.2, 0.25) is 0 Å². The molecule has 0 amide bonds. The number of rotatable bonds is 11. The van der Waals surface area contributed by atoms with E-state index in [4.69, 9.17) is 0 Å². The molecule has 0 spiro atoms. The Balaban J connectivity index is 1.50. The first kappa shape index (κ1) is 23.2. The van der Waals surface area contributed by atoms with Gasteiger partial charge in [-0.2, -0.15) is 0 Å². The number of nitrogens with one attached hydrogen (secondary N) is 2. The van der Waals surface area contributed by atoms with Gasteiger partial charge in [0.2, 0.25) is 0 Å². The highest BCUT2D eigenvalue weighted by molar-refractivity contribution is 5.28. The molecule has 0 saturated heterocycles. The molecule has 0 aromatic heterocycles. The summed E-state index contributed by atoms with van der Waals surface area (Å²) in [4.78, 5) is 0. The predicted molar refractivity (Wildman–Crippen MR) is 140 cm³/mol. The van der Waals surface area contributed by atoms with Gasteiger partial charge in [0.15, 0.2) is 0 Å². The molecule has 1 unspecified atom stereocenters. The SMILES string of the molecule is Cc1ccc(CNC(c2ccccc2)[C@H](NCCCC2=CCC=CC2)c2ccccc2)cc1. The van der Waals surface area contributed by atoms with Crippen molar-refractivity contribution in [2.45, 2.75) is 51.2 Å². The van der Waals surface area contributed by atoms with Crippen LogP contribution in [0.3, 0.4) is 0 Å². The van der Waals surface area contributed by atoms with Crippen molar-refractivity contribution in [3.05, 3.63) is 131 Å². The average Bonchev–Trinajstić information content (AvgIpc) is 2.88. The normalized spacial score (nSPS) is 15.1. The summed E-state index contributed by atoms with van der Waals surface area (Å²) < 4.78 is 0. The Bertz CT molecular complexity index is 1020. The van der Waals surface area contributed by atoms with Crippen molar-refractivity contribution < 1.29 is 0 Å². The third-order valence-electron chi connectivity index (χ3n) is 6.43. The molecule has 0 heterocycles. The maximum Gasteiger partial charge on any atom is 0.0520 e. The standard InChI is InChI=1S/C31H36N2/c1-25-19-21-27(22-20-25)24-33-31(29-17-9-4-10-18-29)30(28-15-7-3-8-16-28)32-23-11-14-26-12-5-2-6-13-26/h2-5,7-10,13,15-22,30-33H,6,11-12,14,23-24H2,1H3/t30-,31?/m1/s1. The Morgan fingerprint density at radius 1 is 0.727 bits per heavy atom. The summed E-state index contributed by atoms with van der Waals surface area (Å²) in [7, 11) is 0. The van der Waals surface area contributed by atoms with E-state index in [1.165, 1.54) is 28.7 Å². The Kier molecular flexibility index (Phi) is 8.69. The minimum absolute atomic E-state index is 0.173. The zero-order valence-corrected chi connectivity index (χ0v) is 19.7. The van der Waals surface area contributed by atoms with Gasteiger partial charge in [-0.15, -0.1) is 0 Å². The third-order valence-corrected chi connectivity index (χ3v) is 6.43. The maximum absolute atomic E-state index is 3.91. The van der Waals surface area contributed by atoms with E-state index >= 15 is 0 Å². The first-order chi connectivity index (χ1) is 16.3. The number of hydrogen-bond donors (Lipinski definition) is 2. The van der Waals surface area contributed by atoms with Crippen molar-refractivity contribution >= 4 is 0 Å². The van der Waals surface area contributed by atoms with E-state index in [2.05, 4.69) is 121 Å². The van der Waals surface area contributed by atoms with Gasteiger partial charge >= 0.3 is 0 Å². The summed E-state index contributed by atoms with van der Waals surface area (Å²) in [6.45, 7) is 3.97. The van der Waals surface area contributed by atoms with Gasteiger partial charge in [-0.25, -0.2) is 0 Å². The topological polar surface area (TPSA) is 24.1 Å². The molecule has 2 nitrogen and oxygen atoms in total. The smallest absolute Gasteiger partial charge is 0.0520 e. The predicted octanol–water partition coefficient (Wildman–Crippen LogP) is 7.21. The van der Waals surface area contributed by atoms with Crippen LogP contribution in [0.25, 0.3) is 0 Å². The Hall–Kier alpha value is -2.94. The minimum atomic E-state index is 0.173. The lowest BCUT2D eigenvalue weighted by atomic mass is 9.92. The molecule has 0 fully saturated rings. The van der Waals surface area contributed by atoms with Crippen LogP contribution >= 0.6 is 0 Å². The number of allylic oxidation sites excluding steroid dienone is 4. The molecule has 0 saturated carbocycles. The Labute approximate surface area is 199 Å². The second-order valence-electron chi connectivity index (χ2n) is 8.97. The van der Waals surface area contributed by atoms with Crippen LogP contribution in [0.15, 0.2) is 109 Å². The molecule has 2 heteroatoms. The largest absolute Gasteiger partial charge is 0.308 e. The lowest BCUT2D eigenvalue weighted by molar-refractivity contribution is 0.380. The summed E-state index contributed by atoms with van der Waals surface area (Å²) in [6, 6.07) is 30.9. The van der Waals surface area contributed by atoms with E-state index in [1.807, 2.05) is 0 Å². The van der Waals surface area contributed by atoms with Gasteiger partial charge in [-0.3, -0.25) is 0 Å². The number of hydrogen-bond acceptors (Lipinski definition) is 2. The van der Waals surface area contributed by atoms with E-state index in [9.17, 15) is 0 Å². The molecule has 2 atom stereocenters. The van der Waals surface area contributed by atoms with Gasteiger partial charge in [0.05, 0.1) is 12.1 Å². The minimum Gasteiger partial charge on any atom is -0.308 e. The molecule has 1 aliphatic rings. The fourth-order valence-electron chi connectivity index (χ4n) is 4.54. The van der Waals surface area contributed by atoms with Crippen LogP contribution in [0.4, 0.5) is 0 Å². The second-order valence-corrected chi connectivity index (χ2v) is 8.97. The van der Waals surface area contributed by atoms with Crippen molar-refractivity contribution in [1.29, 1.82) is 0 Å². The fourth-order valence-corrected chi connectivity index (χ4v) is 4.54. The second kappa shape index (κ2) is 12.3. The van der Waals surface area contributed by atoms with Crippen LogP contribution in [0.1, 0.15) is 60.0 Å². The Morgan fingerprint density at radius 3 is 1.97 bits per heavy atom. The highest BCUT2D eigenvalue weighted by Gasteiger charge is 2.24. The van der Waals surface area contributed by atoms with E-state index in [0.717, 1.165) is 32.4 Å². The van der Waals surface area contributed by atoms with Crippen LogP contribution in [-0.2, 0) is 6.54 Å². The Morgan fingerprint density at radius 2 is 1.36 bits per heavy atom. The molecule has 33 heavy (non-hydrogen) atoms. The van der Waals surface area contributed by atoms with Crippen molar-refractivity contribution in [3.63, 3.8) is 0 Å². The fraction of sp³-hybridized carbons (Fsp3) is 0.290. The summed E-state index contributed by atoms with van der Waals surface area (Å²) in [5.41, 5.74) is 6.82. The first-order valence-electron chi connectivity index (χ1n) is 12.2. The molecular weight excluding hydrogens is 400 g/mol. The lowest BCUT2D eigenvalue weighted by Crippen LogP contribution is -2.35. The summed E-state index contributed by atoms with van der Waals surface area (Å²) in [5, 5.41) is 7.79. The molecule has 3 aromatic carbocycles. The monoisotopic (exact) mass is 436 g/mol. The van der Waals surface area contributed by atoms with E-state index < -0.39 is 0 Å². The summed E-state index contributed by atoms with van der Waals surface area (Å²) >= 11 is 0. The van der Waals surface area contributed by atoms with Crippen LogP contribution in [0.5, 0.6) is 0 Å². The van der Waals surface area contributed by atoms with Crippen LogP contribution in [-0.4, -0.2) is 6.54 Å². The van der Waals surface area contributed by atoms with Gasteiger partial charge in [0.1, 0.15) is 0 Å². The molecule has 0 radical (unpaired) electrons. The zero-order valence-electron chi connectivity index (χ0n) is 19.7. The maximum atomic E-state index is 3.91. The molecule has 1 aliphatic carbocycles. The van der Waals surface area contributed by atoms with Crippen molar-refractivity contribution in [1.82, 2.24) is 10.6 Å². The number of benzene rings is 3.